The Morgan fingerprint density at radius 1 is 1.28 bits per heavy atom. The van der Waals surface area contributed by atoms with Gasteiger partial charge in [0, 0.05) is 39.8 Å². The Morgan fingerprint density at radius 3 is 2.56 bits per heavy atom. The summed E-state index contributed by atoms with van der Waals surface area (Å²) in [4.78, 5) is 1.74. The van der Waals surface area contributed by atoms with Crippen LogP contribution in [-0.2, 0) is 32.7 Å². The molecule has 1 aromatic rings. The van der Waals surface area contributed by atoms with Crippen molar-refractivity contribution in [2.24, 2.45) is 0 Å². The van der Waals surface area contributed by atoms with Gasteiger partial charge in [-0.2, -0.15) is 12.2 Å². The molecule has 0 aromatic heterocycles. The molecule has 1 aliphatic rings. The molecule has 2 rings (SSSR count). The van der Waals surface area contributed by atoms with Crippen LogP contribution in [0.4, 0.5) is 8.78 Å². The Labute approximate surface area is 131 Å². The Hall–Kier alpha value is -0.796. The summed E-state index contributed by atoms with van der Waals surface area (Å²) in [6, 6.07) is 3.51. The maximum Gasteiger partial charge on any atom is 0.124 e. The van der Waals surface area contributed by atoms with Crippen molar-refractivity contribution in [2.75, 3.05) is 7.05 Å². The Bertz CT molecular complexity index is 547. The summed E-state index contributed by atoms with van der Waals surface area (Å²) < 4.78 is 26.5. The van der Waals surface area contributed by atoms with Crippen LogP contribution in [0, 0.1) is 17.7 Å². The number of rotatable bonds is 1. The number of hydrogen-bond acceptors (Lipinski definition) is 1. The monoisotopic (exact) mass is 321 g/mol. The molecule has 0 aliphatic carbocycles. The predicted octanol–water partition coefficient (Wildman–Crippen LogP) is 3.51. The molecule has 0 amide bonds. The van der Waals surface area contributed by atoms with E-state index in [1.165, 1.54) is 12.1 Å². The second-order valence-corrected chi connectivity index (χ2v) is 3.95. The number of allylic oxidation sites excluding steroid dienone is 3. The van der Waals surface area contributed by atoms with E-state index in [1.807, 2.05) is 6.92 Å². The molecule has 0 saturated carbocycles. The van der Waals surface area contributed by atoms with Gasteiger partial charge in [0.05, 0.1) is 5.82 Å². The standard InChI is InChI=1S/C14H12F2N.Y/c1-9-4-7-14(17(3)10(9)2)12-6-5-11(15)8-13(12)16;/h4-6,8H,2H2,1,3H3;/q-1;. The van der Waals surface area contributed by atoms with Gasteiger partial charge in [-0.1, -0.05) is 24.8 Å². The maximum absolute atomic E-state index is 13.7. The van der Waals surface area contributed by atoms with Gasteiger partial charge in [0.1, 0.15) is 5.82 Å². The molecule has 0 unspecified atom stereocenters. The smallest absolute Gasteiger partial charge is 0.124 e. The van der Waals surface area contributed by atoms with E-state index in [2.05, 4.69) is 12.7 Å². The van der Waals surface area contributed by atoms with Gasteiger partial charge < -0.3 is 4.90 Å². The topological polar surface area (TPSA) is 3.24 Å². The largest absolute Gasteiger partial charge is 0.378 e. The molecule has 1 nitrogen and oxygen atoms in total. The third-order valence-electron chi connectivity index (χ3n) is 2.81. The SMILES string of the molecule is C=C1C(C)=C[C-]=C(c2ccc(F)cc2F)N1C.[Y]. The maximum atomic E-state index is 13.7. The van der Waals surface area contributed by atoms with Crippen LogP contribution < -0.4 is 0 Å². The predicted molar refractivity (Wildman–Crippen MR) is 63.7 cm³/mol. The average molecular weight is 321 g/mol. The van der Waals surface area contributed by atoms with Crippen molar-refractivity contribution >= 4 is 5.70 Å². The molecule has 1 aromatic carbocycles. The minimum absolute atomic E-state index is 0. The van der Waals surface area contributed by atoms with E-state index in [9.17, 15) is 8.78 Å². The normalized spacial score (nSPS) is 14.9. The van der Waals surface area contributed by atoms with Gasteiger partial charge in [-0.15, -0.1) is 11.6 Å². The van der Waals surface area contributed by atoms with E-state index in [1.54, 1.807) is 18.0 Å². The average Bonchev–Trinajstić information content (AvgIpc) is 2.28. The molecule has 1 heterocycles. The first-order valence-corrected chi connectivity index (χ1v) is 5.19. The number of hydrogen-bond donors (Lipinski definition) is 0. The number of benzene rings is 1. The van der Waals surface area contributed by atoms with Gasteiger partial charge in [0.25, 0.3) is 0 Å². The Morgan fingerprint density at radius 2 is 1.94 bits per heavy atom. The fourth-order valence-electron chi connectivity index (χ4n) is 1.70. The molecule has 0 fully saturated rings. The van der Waals surface area contributed by atoms with Gasteiger partial charge >= 0.3 is 0 Å². The molecule has 91 valence electrons. The summed E-state index contributed by atoms with van der Waals surface area (Å²) in [5.41, 5.74) is 2.62. The van der Waals surface area contributed by atoms with Gasteiger partial charge in [-0.05, 0) is 17.8 Å². The molecule has 4 heteroatoms. The van der Waals surface area contributed by atoms with Crippen LogP contribution in [0.3, 0.4) is 0 Å². The summed E-state index contributed by atoms with van der Waals surface area (Å²) in [7, 11) is 1.78. The molecular weight excluding hydrogens is 309 g/mol. The van der Waals surface area contributed by atoms with Crippen LogP contribution in [0.5, 0.6) is 0 Å². The fraction of sp³-hybridized carbons (Fsp3) is 0.143. The zero-order valence-corrected chi connectivity index (χ0v) is 13.1. The number of likely N-dealkylation sites (N-methyl/N-ethyl adjacent to an activating group) is 1. The van der Waals surface area contributed by atoms with E-state index in [4.69, 9.17) is 0 Å². The summed E-state index contributed by atoms with van der Waals surface area (Å²) in [6.07, 6.45) is 4.73. The fourth-order valence-corrected chi connectivity index (χ4v) is 1.70. The van der Waals surface area contributed by atoms with Crippen molar-refractivity contribution < 1.29 is 41.5 Å². The zero-order valence-electron chi connectivity index (χ0n) is 10.3. The Kier molecular flexibility index (Phi) is 5.00. The molecule has 1 aliphatic heterocycles. The van der Waals surface area contributed by atoms with E-state index < -0.39 is 11.6 Å². The summed E-state index contributed by atoms with van der Waals surface area (Å²) >= 11 is 0. The van der Waals surface area contributed by atoms with Crippen molar-refractivity contribution in [3.8, 4) is 0 Å². The molecule has 0 atom stereocenters. The van der Waals surface area contributed by atoms with Crippen molar-refractivity contribution in [3.63, 3.8) is 0 Å². The van der Waals surface area contributed by atoms with Crippen LogP contribution >= 0.6 is 0 Å². The molecule has 0 spiro atoms. The van der Waals surface area contributed by atoms with E-state index in [0.717, 1.165) is 17.3 Å². The van der Waals surface area contributed by atoms with E-state index >= 15 is 0 Å². The van der Waals surface area contributed by atoms with Crippen LogP contribution in [0.2, 0.25) is 0 Å². The molecule has 0 N–H and O–H groups in total. The van der Waals surface area contributed by atoms with Crippen molar-refractivity contribution in [1.29, 1.82) is 0 Å². The number of nitrogens with zero attached hydrogens (tertiary/aromatic N) is 1. The Balaban J connectivity index is 0.00000162. The second-order valence-electron chi connectivity index (χ2n) is 3.95. The van der Waals surface area contributed by atoms with Crippen molar-refractivity contribution in [3.05, 3.63) is 65.4 Å². The summed E-state index contributed by atoms with van der Waals surface area (Å²) in [5.74, 6) is -1.18. The molecule has 0 bridgehead atoms. The van der Waals surface area contributed by atoms with Crippen LogP contribution in [-0.4, -0.2) is 11.9 Å². The molecule has 0 saturated heterocycles. The van der Waals surface area contributed by atoms with Gasteiger partial charge in [-0.25, -0.2) is 8.78 Å². The van der Waals surface area contributed by atoms with Crippen molar-refractivity contribution in [2.45, 2.75) is 6.92 Å². The van der Waals surface area contributed by atoms with Crippen LogP contribution in [0.15, 0.2) is 42.1 Å². The minimum Gasteiger partial charge on any atom is -0.378 e. The van der Waals surface area contributed by atoms with Gasteiger partial charge in [0.15, 0.2) is 0 Å². The first-order chi connectivity index (χ1) is 8.00. The van der Waals surface area contributed by atoms with E-state index in [-0.39, 0.29) is 32.7 Å². The molecule has 1 radical (unpaired) electrons. The molecular formula is C14H12F2NY-. The number of halogens is 2. The van der Waals surface area contributed by atoms with Crippen LogP contribution in [0.25, 0.3) is 5.70 Å². The van der Waals surface area contributed by atoms with Gasteiger partial charge in [-0.3, -0.25) is 0 Å². The first-order valence-electron chi connectivity index (χ1n) is 5.19. The first kappa shape index (κ1) is 15.3. The minimum atomic E-state index is -0.597. The summed E-state index contributed by atoms with van der Waals surface area (Å²) in [6.45, 7) is 5.81. The summed E-state index contributed by atoms with van der Waals surface area (Å²) in [5, 5.41) is 0. The zero-order chi connectivity index (χ0) is 12.6. The van der Waals surface area contributed by atoms with Crippen LogP contribution in [0.1, 0.15) is 12.5 Å². The third-order valence-corrected chi connectivity index (χ3v) is 2.81. The van der Waals surface area contributed by atoms with E-state index in [0.29, 0.717) is 11.3 Å². The molecule has 18 heavy (non-hydrogen) atoms. The van der Waals surface area contributed by atoms with Crippen molar-refractivity contribution in [1.82, 2.24) is 4.90 Å². The quantitative estimate of drug-likeness (QED) is 0.716. The van der Waals surface area contributed by atoms with Gasteiger partial charge in [0.2, 0.25) is 0 Å². The third kappa shape index (κ3) is 2.78. The second kappa shape index (κ2) is 5.90.